The average Bonchev–Trinajstić information content (AvgIpc) is 2.45. The predicted octanol–water partition coefficient (Wildman–Crippen LogP) is 1.56. The minimum absolute atomic E-state index is 0.339. The Morgan fingerprint density at radius 1 is 1.42 bits per heavy atom. The second-order valence-corrected chi connectivity index (χ2v) is 2.09. The molecule has 2 nitrogen and oxygen atoms in total. The van der Waals surface area contributed by atoms with E-state index in [0.29, 0.717) is 5.76 Å². The first-order valence-electron chi connectivity index (χ1n) is 3.55. The number of hydrogen-bond acceptors (Lipinski definition) is 2. The SMILES string of the molecule is C/C=C\C#C/C=C1/C=CC(=O)O1. The Balaban J connectivity index is 2.56. The number of allylic oxidation sites excluding steroid dienone is 4. The third kappa shape index (κ3) is 2.47. The Bertz CT molecular complexity index is 321. The van der Waals surface area contributed by atoms with E-state index in [1.807, 2.05) is 13.0 Å². The van der Waals surface area contributed by atoms with Gasteiger partial charge in [-0.2, -0.15) is 0 Å². The summed E-state index contributed by atoms with van der Waals surface area (Å²) in [6, 6.07) is 0. The standard InChI is InChI=1S/C10H8O2/c1-2-3-4-5-6-9-7-8-10(11)12-9/h2-3,6-8H,1H3/b3-2-,9-6-. The minimum Gasteiger partial charge on any atom is -0.423 e. The molecule has 1 aliphatic rings. The lowest BCUT2D eigenvalue weighted by Crippen LogP contribution is -1.89. The van der Waals surface area contributed by atoms with Crippen LogP contribution in [0.4, 0.5) is 0 Å². The molecule has 60 valence electrons. The summed E-state index contributed by atoms with van der Waals surface area (Å²) in [4.78, 5) is 10.5. The Morgan fingerprint density at radius 2 is 2.25 bits per heavy atom. The van der Waals surface area contributed by atoms with Crippen molar-refractivity contribution in [2.24, 2.45) is 0 Å². The minimum atomic E-state index is -0.339. The summed E-state index contributed by atoms with van der Waals surface area (Å²) in [6.07, 6.45) is 8.07. The molecule has 12 heavy (non-hydrogen) atoms. The number of cyclic esters (lactones) is 1. The van der Waals surface area contributed by atoms with E-state index in [4.69, 9.17) is 4.74 Å². The monoisotopic (exact) mass is 160 g/mol. The van der Waals surface area contributed by atoms with Crippen LogP contribution in [-0.4, -0.2) is 5.97 Å². The maximum atomic E-state index is 10.5. The smallest absolute Gasteiger partial charge is 0.336 e. The highest BCUT2D eigenvalue weighted by Gasteiger charge is 2.07. The molecule has 0 saturated carbocycles. The van der Waals surface area contributed by atoms with E-state index in [2.05, 4.69) is 11.8 Å². The van der Waals surface area contributed by atoms with Crippen molar-refractivity contribution in [3.8, 4) is 11.8 Å². The van der Waals surface area contributed by atoms with Crippen LogP contribution in [0.2, 0.25) is 0 Å². The third-order valence-electron chi connectivity index (χ3n) is 1.15. The van der Waals surface area contributed by atoms with Gasteiger partial charge in [-0.1, -0.05) is 17.9 Å². The van der Waals surface area contributed by atoms with Crippen molar-refractivity contribution in [1.82, 2.24) is 0 Å². The highest BCUT2D eigenvalue weighted by atomic mass is 16.5. The molecule has 0 saturated heterocycles. The number of ether oxygens (including phenoxy) is 1. The Kier molecular flexibility index (Phi) is 2.92. The Hall–Kier alpha value is -1.75. The van der Waals surface area contributed by atoms with Gasteiger partial charge in [0.15, 0.2) is 0 Å². The second kappa shape index (κ2) is 4.20. The predicted molar refractivity (Wildman–Crippen MR) is 45.9 cm³/mol. The molecule has 0 N–H and O–H groups in total. The molecule has 0 aromatic rings. The highest BCUT2D eigenvalue weighted by molar-refractivity contribution is 5.86. The van der Waals surface area contributed by atoms with Crippen molar-refractivity contribution in [3.05, 3.63) is 36.1 Å². The van der Waals surface area contributed by atoms with E-state index in [9.17, 15) is 4.79 Å². The molecule has 1 heterocycles. The molecule has 0 unspecified atom stereocenters. The first-order valence-corrected chi connectivity index (χ1v) is 3.55. The van der Waals surface area contributed by atoms with Crippen molar-refractivity contribution >= 4 is 5.97 Å². The zero-order valence-electron chi connectivity index (χ0n) is 6.70. The fourth-order valence-electron chi connectivity index (χ4n) is 0.656. The maximum absolute atomic E-state index is 10.5. The number of carbonyl (C=O) groups excluding carboxylic acids is 1. The number of rotatable bonds is 0. The topological polar surface area (TPSA) is 26.3 Å². The van der Waals surface area contributed by atoms with Gasteiger partial charge in [0.05, 0.1) is 0 Å². The van der Waals surface area contributed by atoms with Crippen molar-refractivity contribution in [2.45, 2.75) is 6.92 Å². The van der Waals surface area contributed by atoms with Gasteiger partial charge in [0.1, 0.15) is 5.76 Å². The van der Waals surface area contributed by atoms with E-state index in [1.54, 1.807) is 18.2 Å². The van der Waals surface area contributed by atoms with E-state index >= 15 is 0 Å². The highest BCUT2D eigenvalue weighted by Crippen LogP contribution is 2.07. The number of esters is 1. The number of hydrogen-bond donors (Lipinski definition) is 0. The van der Waals surface area contributed by atoms with Crippen LogP contribution in [-0.2, 0) is 9.53 Å². The van der Waals surface area contributed by atoms with Gasteiger partial charge in [0.25, 0.3) is 0 Å². The first-order chi connectivity index (χ1) is 5.83. The van der Waals surface area contributed by atoms with E-state index < -0.39 is 0 Å². The quantitative estimate of drug-likeness (QED) is 0.397. The molecule has 0 aromatic heterocycles. The zero-order valence-corrected chi connectivity index (χ0v) is 6.70. The molecule has 1 rings (SSSR count). The van der Waals surface area contributed by atoms with Crippen molar-refractivity contribution < 1.29 is 9.53 Å². The summed E-state index contributed by atoms with van der Waals surface area (Å²) in [5.74, 6) is 5.62. The lowest BCUT2D eigenvalue weighted by atomic mass is 10.4. The summed E-state index contributed by atoms with van der Waals surface area (Å²) >= 11 is 0. The van der Waals surface area contributed by atoms with Crippen LogP contribution in [0.25, 0.3) is 0 Å². The summed E-state index contributed by atoms with van der Waals surface area (Å²) < 4.78 is 4.73. The van der Waals surface area contributed by atoms with E-state index in [-0.39, 0.29) is 5.97 Å². The molecule has 0 fully saturated rings. The normalized spacial score (nSPS) is 18.1. The van der Waals surface area contributed by atoms with Crippen LogP contribution < -0.4 is 0 Å². The maximum Gasteiger partial charge on any atom is 0.336 e. The number of carbonyl (C=O) groups is 1. The molecule has 0 spiro atoms. The van der Waals surface area contributed by atoms with Crippen LogP contribution in [0.1, 0.15) is 6.92 Å². The van der Waals surface area contributed by atoms with Crippen LogP contribution in [0, 0.1) is 11.8 Å². The zero-order chi connectivity index (χ0) is 8.81. The molecule has 0 radical (unpaired) electrons. The first kappa shape index (κ1) is 8.35. The van der Waals surface area contributed by atoms with Gasteiger partial charge in [-0.15, -0.1) is 0 Å². The Morgan fingerprint density at radius 3 is 2.83 bits per heavy atom. The summed E-state index contributed by atoms with van der Waals surface area (Å²) in [7, 11) is 0. The fourth-order valence-corrected chi connectivity index (χ4v) is 0.656. The van der Waals surface area contributed by atoms with Crippen molar-refractivity contribution in [1.29, 1.82) is 0 Å². The van der Waals surface area contributed by atoms with Gasteiger partial charge in [0.2, 0.25) is 0 Å². The van der Waals surface area contributed by atoms with Gasteiger partial charge < -0.3 is 4.74 Å². The molecule has 0 aromatic carbocycles. The largest absolute Gasteiger partial charge is 0.423 e. The molecule has 1 aliphatic heterocycles. The van der Waals surface area contributed by atoms with Crippen molar-refractivity contribution in [3.63, 3.8) is 0 Å². The molecule has 2 heteroatoms. The molecular weight excluding hydrogens is 152 g/mol. The summed E-state index contributed by atoms with van der Waals surface area (Å²) in [6.45, 7) is 1.89. The lowest BCUT2D eigenvalue weighted by Gasteiger charge is -1.89. The van der Waals surface area contributed by atoms with E-state index in [0.717, 1.165) is 0 Å². The Labute approximate surface area is 71.2 Å². The molecule has 0 atom stereocenters. The summed E-state index contributed by atoms with van der Waals surface area (Å²) in [5.41, 5.74) is 0. The second-order valence-electron chi connectivity index (χ2n) is 2.09. The van der Waals surface area contributed by atoms with Gasteiger partial charge in [-0.3, -0.25) is 0 Å². The van der Waals surface area contributed by atoms with Gasteiger partial charge in [-0.25, -0.2) is 4.79 Å². The lowest BCUT2D eigenvalue weighted by molar-refractivity contribution is -0.132. The fraction of sp³-hybridized carbons (Fsp3) is 0.100. The van der Waals surface area contributed by atoms with Gasteiger partial charge in [0, 0.05) is 12.2 Å². The molecule has 0 bridgehead atoms. The average molecular weight is 160 g/mol. The van der Waals surface area contributed by atoms with Gasteiger partial charge >= 0.3 is 5.97 Å². The molecule has 0 amide bonds. The third-order valence-corrected chi connectivity index (χ3v) is 1.15. The van der Waals surface area contributed by atoms with E-state index in [1.165, 1.54) is 6.08 Å². The molecule has 0 aliphatic carbocycles. The molecular formula is C10H8O2. The van der Waals surface area contributed by atoms with Crippen LogP contribution in [0.5, 0.6) is 0 Å². The van der Waals surface area contributed by atoms with Crippen LogP contribution >= 0.6 is 0 Å². The van der Waals surface area contributed by atoms with Crippen LogP contribution in [0.15, 0.2) is 36.1 Å². The summed E-state index contributed by atoms with van der Waals surface area (Å²) in [5, 5.41) is 0. The van der Waals surface area contributed by atoms with Gasteiger partial charge in [-0.05, 0) is 19.1 Å². The van der Waals surface area contributed by atoms with Crippen molar-refractivity contribution in [2.75, 3.05) is 0 Å². The van der Waals surface area contributed by atoms with Crippen LogP contribution in [0.3, 0.4) is 0 Å².